The molecule has 0 atom stereocenters. The third-order valence-corrected chi connectivity index (χ3v) is 12.0. The van der Waals surface area contributed by atoms with Gasteiger partial charge in [0.05, 0.1) is 39.2 Å². The second-order valence-corrected chi connectivity index (χ2v) is 18.6. The summed E-state index contributed by atoms with van der Waals surface area (Å²) in [6.07, 6.45) is -9.17. The van der Waals surface area contributed by atoms with Crippen molar-refractivity contribution in [1.29, 1.82) is 0 Å². The molecule has 0 bridgehead atoms. The molecular weight excluding hydrogens is 829 g/mol. The fourth-order valence-electron chi connectivity index (χ4n) is 8.41. The van der Waals surface area contributed by atoms with Gasteiger partial charge in [0.25, 0.3) is 0 Å². The Morgan fingerprint density at radius 1 is 0.369 bits per heavy atom. The van der Waals surface area contributed by atoms with Crippen LogP contribution in [0.4, 0.5) is 26.3 Å². The zero-order valence-corrected chi connectivity index (χ0v) is 36.7. The summed E-state index contributed by atoms with van der Waals surface area (Å²) in [7, 11) is 0. The molecular formula is C56H45F6N3. The van der Waals surface area contributed by atoms with Crippen molar-refractivity contribution in [2.24, 2.45) is 0 Å². The summed E-state index contributed by atoms with van der Waals surface area (Å²) < 4.78 is 87.0. The third-order valence-electron chi connectivity index (χ3n) is 12.0. The largest absolute Gasteiger partial charge is 0.416 e. The summed E-state index contributed by atoms with van der Waals surface area (Å²) in [5, 5.41) is 1.94. The molecule has 3 nitrogen and oxygen atoms in total. The van der Waals surface area contributed by atoms with Crippen LogP contribution in [-0.4, -0.2) is 14.5 Å². The van der Waals surface area contributed by atoms with Crippen LogP contribution >= 0.6 is 0 Å². The Morgan fingerprint density at radius 3 is 1.15 bits per heavy atom. The van der Waals surface area contributed by atoms with Gasteiger partial charge in [0.2, 0.25) is 0 Å². The van der Waals surface area contributed by atoms with Crippen LogP contribution < -0.4 is 0 Å². The molecule has 0 aliphatic carbocycles. The van der Waals surface area contributed by atoms with Gasteiger partial charge in [0.1, 0.15) is 0 Å². The molecule has 2 aromatic heterocycles. The lowest BCUT2D eigenvalue weighted by Crippen LogP contribution is -2.10. The van der Waals surface area contributed by atoms with E-state index >= 15 is 0 Å². The highest BCUT2D eigenvalue weighted by molar-refractivity contribution is 6.11. The first-order chi connectivity index (χ1) is 30.7. The van der Waals surface area contributed by atoms with E-state index in [0.717, 1.165) is 68.3 Å². The molecule has 9 aromatic rings. The number of fused-ring (bicyclic) bond motifs is 3. The summed E-state index contributed by atoms with van der Waals surface area (Å²) in [5.74, 6) is 0.449. The molecule has 0 aliphatic heterocycles. The molecule has 0 N–H and O–H groups in total. The van der Waals surface area contributed by atoms with E-state index in [9.17, 15) is 26.3 Å². The fraction of sp³-hybridized carbons (Fsp3) is 0.179. The number of nitrogens with zero attached hydrogens (tertiary/aromatic N) is 3. The minimum absolute atomic E-state index is 0.197. The molecule has 65 heavy (non-hydrogen) atoms. The molecule has 9 heteroatoms. The van der Waals surface area contributed by atoms with Gasteiger partial charge in [-0.3, -0.25) is 0 Å². The predicted molar refractivity (Wildman–Crippen MR) is 251 cm³/mol. The number of alkyl halides is 6. The molecule has 0 saturated heterocycles. The topological polar surface area (TPSA) is 30.7 Å². The highest BCUT2D eigenvalue weighted by Crippen LogP contribution is 2.46. The average Bonchev–Trinajstić information content (AvgIpc) is 3.61. The van der Waals surface area contributed by atoms with E-state index in [0.29, 0.717) is 50.7 Å². The lowest BCUT2D eigenvalue weighted by atomic mass is 9.85. The minimum Gasteiger partial charge on any atom is -0.308 e. The molecule has 0 fully saturated rings. The van der Waals surface area contributed by atoms with Gasteiger partial charge in [0.15, 0.2) is 5.82 Å². The quantitative estimate of drug-likeness (QED) is 0.156. The third kappa shape index (κ3) is 8.43. The Bertz CT molecular complexity index is 3000. The molecule has 0 spiro atoms. The number of benzene rings is 7. The maximum atomic E-state index is 14.2. The van der Waals surface area contributed by atoms with Crippen LogP contribution in [0.15, 0.2) is 164 Å². The minimum atomic E-state index is -4.58. The van der Waals surface area contributed by atoms with E-state index in [4.69, 9.17) is 9.97 Å². The first kappa shape index (κ1) is 43.3. The van der Waals surface area contributed by atoms with E-state index in [1.165, 1.54) is 24.3 Å². The number of hydrogen-bond acceptors (Lipinski definition) is 2. The standard InChI is InChI=1S/C56H45F6N3/c1-53(2,3)41-25-27-49-45(31-41)46-32-42(54(4,5)6)26-28-50(46)65(49)51-43(34-17-21-39(22-18-34)55(57,58)59)29-38(30-44(51)35-19-23-40(24-20-35)56(60,61)62)48-33-47(36-13-9-7-10-14-36)63-52(64-48)37-15-11-8-12-16-37/h7-33H,1-6H3. The Labute approximate surface area is 374 Å². The van der Waals surface area contributed by atoms with Gasteiger partial charge in [0, 0.05) is 38.6 Å². The predicted octanol–water partition coefficient (Wildman–Crippen LogP) is 16.5. The fourth-order valence-corrected chi connectivity index (χ4v) is 8.41. The number of aromatic nitrogens is 3. The average molecular weight is 874 g/mol. The van der Waals surface area contributed by atoms with Gasteiger partial charge in [-0.2, -0.15) is 26.3 Å². The summed E-state index contributed by atoms with van der Waals surface area (Å²) >= 11 is 0. The van der Waals surface area contributed by atoms with Crippen molar-refractivity contribution in [1.82, 2.24) is 14.5 Å². The number of rotatable bonds is 6. The van der Waals surface area contributed by atoms with Crippen LogP contribution in [0, 0.1) is 0 Å². The van der Waals surface area contributed by atoms with Gasteiger partial charge in [-0.15, -0.1) is 0 Å². The Hall–Kier alpha value is -7.00. The van der Waals surface area contributed by atoms with Gasteiger partial charge in [-0.25, -0.2) is 9.97 Å². The van der Waals surface area contributed by atoms with Gasteiger partial charge >= 0.3 is 12.4 Å². The molecule has 0 radical (unpaired) electrons. The first-order valence-electron chi connectivity index (χ1n) is 21.4. The van der Waals surface area contributed by atoms with Crippen LogP contribution in [-0.2, 0) is 23.2 Å². The van der Waals surface area contributed by atoms with Crippen molar-refractivity contribution in [3.63, 3.8) is 0 Å². The van der Waals surface area contributed by atoms with Crippen LogP contribution in [0.5, 0.6) is 0 Å². The first-order valence-corrected chi connectivity index (χ1v) is 21.4. The van der Waals surface area contributed by atoms with Gasteiger partial charge < -0.3 is 4.57 Å². The van der Waals surface area contributed by atoms with E-state index in [1.54, 1.807) is 0 Å². The molecule has 7 aromatic carbocycles. The van der Waals surface area contributed by atoms with Crippen molar-refractivity contribution in [3.05, 3.63) is 186 Å². The highest BCUT2D eigenvalue weighted by Gasteiger charge is 2.32. The monoisotopic (exact) mass is 873 g/mol. The lowest BCUT2D eigenvalue weighted by molar-refractivity contribution is -0.138. The summed E-state index contributed by atoms with van der Waals surface area (Å²) in [5.41, 5.74) is 7.82. The lowest BCUT2D eigenvalue weighted by Gasteiger charge is -2.23. The van der Waals surface area contributed by atoms with Crippen LogP contribution in [0.1, 0.15) is 63.8 Å². The molecule has 0 saturated carbocycles. The Morgan fingerprint density at radius 2 is 0.754 bits per heavy atom. The Balaban J connectivity index is 1.44. The molecule has 0 aliphatic rings. The van der Waals surface area contributed by atoms with Gasteiger partial charge in [-0.05, 0) is 99.8 Å². The molecule has 0 unspecified atom stereocenters. The van der Waals surface area contributed by atoms with Crippen molar-refractivity contribution in [2.75, 3.05) is 0 Å². The van der Waals surface area contributed by atoms with Crippen LogP contribution in [0.2, 0.25) is 0 Å². The van der Waals surface area contributed by atoms with E-state index in [2.05, 4.69) is 82.5 Å². The summed E-state index contributed by atoms with van der Waals surface area (Å²) in [4.78, 5) is 10.1. The van der Waals surface area contributed by atoms with E-state index in [1.807, 2.05) is 78.9 Å². The highest BCUT2D eigenvalue weighted by atomic mass is 19.4. The van der Waals surface area contributed by atoms with Crippen molar-refractivity contribution in [2.45, 2.75) is 64.7 Å². The number of hydrogen-bond donors (Lipinski definition) is 0. The van der Waals surface area contributed by atoms with Crippen LogP contribution in [0.25, 0.3) is 83.6 Å². The van der Waals surface area contributed by atoms with E-state index < -0.39 is 23.5 Å². The second-order valence-electron chi connectivity index (χ2n) is 18.6. The second kappa shape index (κ2) is 15.9. The molecule has 326 valence electrons. The summed E-state index contributed by atoms with van der Waals surface area (Å²) in [6, 6.07) is 47.6. The van der Waals surface area contributed by atoms with Gasteiger partial charge in [-0.1, -0.05) is 139 Å². The SMILES string of the molecule is CC(C)(C)c1ccc2c(c1)c1cc(C(C)(C)C)ccc1n2-c1c(-c2ccc(C(F)(F)F)cc2)cc(-c2cc(-c3ccccc3)nc(-c3ccccc3)n2)cc1-c1ccc(C(F)(F)F)cc1. The zero-order valence-electron chi connectivity index (χ0n) is 36.7. The van der Waals surface area contributed by atoms with Crippen LogP contribution in [0.3, 0.4) is 0 Å². The maximum Gasteiger partial charge on any atom is 0.416 e. The Kier molecular flexibility index (Phi) is 10.6. The van der Waals surface area contributed by atoms with Crippen molar-refractivity contribution < 1.29 is 26.3 Å². The molecule has 9 rings (SSSR count). The smallest absolute Gasteiger partial charge is 0.308 e. The normalized spacial score (nSPS) is 12.6. The molecule has 2 heterocycles. The van der Waals surface area contributed by atoms with Crippen molar-refractivity contribution >= 4 is 21.8 Å². The summed E-state index contributed by atoms with van der Waals surface area (Å²) in [6.45, 7) is 12.9. The molecule has 0 amide bonds. The van der Waals surface area contributed by atoms with E-state index in [-0.39, 0.29) is 10.8 Å². The maximum absolute atomic E-state index is 14.2. The van der Waals surface area contributed by atoms with Crippen molar-refractivity contribution in [3.8, 4) is 61.8 Å². The number of halogens is 6. The zero-order chi connectivity index (χ0) is 46.1.